The number of nitrogens with one attached hydrogen (secondary N) is 2. The molecule has 0 unspecified atom stereocenters. The molecule has 0 aliphatic rings. The van der Waals surface area contributed by atoms with E-state index in [9.17, 15) is 17.6 Å². The summed E-state index contributed by atoms with van der Waals surface area (Å²) in [6.45, 7) is 4.44. The average Bonchev–Trinajstić information content (AvgIpc) is 2.52. The Morgan fingerprint density at radius 1 is 1.19 bits per heavy atom. The van der Waals surface area contributed by atoms with Crippen molar-refractivity contribution < 1.29 is 17.6 Å². The Balaban J connectivity index is 0.00000676. The lowest BCUT2D eigenvalue weighted by Crippen LogP contribution is -2.44. The molecule has 0 aromatic heterocycles. The summed E-state index contributed by atoms with van der Waals surface area (Å²) in [5.74, 6) is 0.286. The zero-order valence-electron chi connectivity index (χ0n) is 16.2. The number of benzene rings is 1. The van der Waals surface area contributed by atoms with Gasteiger partial charge < -0.3 is 10.6 Å². The van der Waals surface area contributed by atoms with Gasteiger partial charge in [0.25, 0.3) is 0 Å². The number of alkyl halides is 3. The monoisotopic (exact) mass is 504 g/mol. The molecule has 0 heterocycles. The van der Waals surface area contributed by atoms with Crippen molar-refractivity contribution >= 4 is 29.9 Å². The molecule has 0 saturated carbocycles. The highest BCUT2D eigenvalue weighted by Crippen LogP contribution is 2.22. The van der Waals surface area contributed by atoms with Crippen molar-refractivity contribution in [1.82, 2.24) is 15.5 Å². The maximum atomic E-state index is 13.4. The molecule has 2 N–H and O–H groups in total. The summed E-state index contributed by atoms with van der Waals surface area (Å²) in [5, 5.41) is 6.26. The molecule has 0 aliphatic heterocycles. The third-order valence-electron chi connectivity index (χ3n) is 3.99. The zero-order valence-corrected chi connectivity index (χ0v) is 18.5. The summed E-state index contributed by atoms with van der Waals surface area (Å²) in [6, 6.07) is 6.46. The van der Waals surface area contributed by atoms with Gasteiger partial charge in [0, 0.05) is 25.6 Å². The van der Waals surface area contributed by atoms with Crippen molar-refractivity contribution in [2.24, 2.45) is 4.99 Å². The number of guanidine groups is 1. The van der Waals surface area contributed by atoms with E-state index in [0.717, 1.165) is 5.56 Å². The molecule has 1 aromatic carbocycles. The number of halogens is 5. The van der Waals surface area contributed by atoms with Crippen molar-refractivity contribution in [2.75, 3.05) is 40.3 Å². The van der Waals surface area contributed by atoms with Gasteiger partial charge in [-0.15, -0.1) is 24.0 Å². The van der Waals surface area contributed by atoms with Crippen LogP contribution in [0.1, 0.15) is 25.8 Å². The number of nitrogens with zero attached hydrogens (tertiary/aromatic N) is 2. The van der Waals surface area contributed by atoms with Crippen LogP contribution in [0.25, 0.3) is 0 Å². The summed E-state index contributed by atoms with van der Waals surface area (Å²) < 4.78 is 50.2. The molecular weight excluding hydrogens is 475 g/mol. The van der Waals surface area contributed by atoms with E-state index in [2.05, 4.69) is 15.6 Å². The Bertz CT molecular complexity index is 591. The smallest absolute Gasteiger partial charge is 0.356 e. The molecular formula is C18H29F4IN4. The van der Waals surface area contributed by atoms with E-state index in [1.807, 2.05) is 19.9 Å². The molecule has 0 amide bonds. The van der Waals surface area contributed by atoms with E-state index >= 15 is 0 Å². The van der Waals surface area contributed by atoms with Crippen molar-refractivity contribution in [3.63, 3.8) is 0 Å². The lowest BCUT2D eigenvalue weighted by molar-refractivity contribution is -0.143. The molecule has 0 radical (unpaired) electrons. The first kappa shape index (κ1) is 25.9. The van der Waals surface area contributed by atoms with Crippen molar-refractivity contribution in [1.29, 1.82) is 0 Å². The second-order valence-electron chi connectivity index (χ2n) is 6.95. The number of aliphatic imine (C=N–C) groups is 1. The maximum absolute atomic E-state index is 13.4. The first-order valence-corrected chi connectivity index (χ1v) is 8.49. The number of hydrogen-bond donors (Lipinski definition) is 2. The molecule has 156 valence electrons. The van der Waals surface area contributed by atoms with E-state index in [1.54, 1.807) is 13.1 Å². The van der Waals surface area contributed by atoms with Crippen molar-refractivity contribution in [2.45, 2.75) is 31.9 Å². The van der Waals surface area contributed by atoms with Crippen LogP contribution >= 0.6 is 24.0 Å². The van der Waals surface area contributed by atoms with Crippen molar-refractivity contribution in [3.8, 4) is 0 Å². The van der Waals surface area contributed by atoms with Gasteiger partial charge in [0.05, 0.1) is 6.54 Å². The maximum Gasteiger partial charge on any atom is 0.401 e. The van der Waals surface area contributed by atoms with E-state index in [1.165, 1.54) is 24.1 Å². The summed E-state index contributed by atoms with van der Waals surface area (Å²) in [6.07, 6.45) is -3.62. The van der Waals surface area contributed by atoms with Gasteiger partial charge in [-0.3, -0.25) is 9.89 Å². The minimum absolute atomic E-state index is 0. The predicted octanol–water partition coefficient (Wildman–Crippen LogP) is 3.77. The lowest BCUT2D eigenvalue weighted by Gasteiger charge is -2.27. The second kappa shape index (κ2) is 11.7. The van der Waals surface area contributed by atoms with Crippen LogP contribution < -0.4 is 10.6 Å². The molecule has 1 rings (SSSR count). The fraction of sp³-hybridized carbons (Fsp3) is 0.611. The molecule has 4 nitrogen and oxygen atoms in total. The Labute approximate surface area is 175 Å². The van der Waals surface area contributed by atoms with Crippen LogP contribution in [0.15, 0.2) is 29.3 Å². The number of rotatable bonds is 8. The molecule has 0 fully saturated rings. The second-order valence-corrected chi connectivity index (χ2v) is 6.95. The van der Waals surface area contributed by atoms with Crippen LogP contribution in [0.4, 0.5) is 17.6 Å². The Morgan fingerprint density at radius 2 is 1.85 bits per heavy atom. The molecule has 0 aliphatic carbocycles. The van der Waals surface area contributed by atoms with Crippen molar-refractivity contribution in [3.05, 3.63) is 35.6 Å². The van der Waals surface area contributed by atoms with Crippen LogP contribution in [0, 0.1) is 5.82 Å². The molecule has 1 aromatic rings. The third kappa shape index (κ3) is 10.7. The van der Waals surface area contributed by atoms with Gasteiger partial charge in [-0.25, -0.2) is 4.39 Å². The van der Waals surface area contributed by atoms with Crippen LogP contribution in [0.3, 0.4) is 0 Å². The highest BCUT2D eigenvalue weighted by atomic mass is 127. The van der Waals surface area contributed by atoms with Gasteiger partial charge >= 0.3 is 6.18 Å². The fourth-order valence-corrected chi connectivity index (χ4v) is 2.48. The minimum Gasteiger partial charge on any atom is -0.356 e. The standard InChI is InChI=1S/C18H28F4N4.HI/c1-17(2,14-7-5-8-15(19)11-14)12-25-16(23-3)24-9-6-10-26(4)13-18(20,21)22;/h5,7-8,11H,6,9-10,12-13H2,1-4H3,(H2,23,24,25);1H. The van der Waals surface area contributed by atoms with Crippen LogP contribution in [-0.2, 0) is 5.41 Å². The summed E-state index contributed by atoms with van der Waals surface area (Å²) in [4.78, 5) is 5.35. The fourth-order valence-electron chi connectivity index (χ4n) is 2.48. The molecule has 9 heteroatoms. The molecule has 27 heavy (non-hydrogen) atoms. The zero-order chi connectivity index (χ0) is 19.8. The Morgan fingerprint density at radius 3 is 2.41 bits per heavy atom. The number of hydrogen-bond acceptors (Lipinski definition) is 2. The molecule has 0 atom stereocenters. The van der Waals surface area contributed by atoms with Gasteiger partial charge in [0.2, 0.25) is 0 Å². The quantitative estimate of drug-likeness (QED) is 0.186. The van der Waals surface area contributed by atoms with E-state index in [-0.39, 0.29) is 35.2 Å². The first-order valence-electron chi connectivity index (χ1n) is 8.49. The highest BCUT2D eigenvalue weighted by molar-refractivity contribution is 14.0. The predicted molar refractivity (Wildman–Crippen MR) is 112 cm³/mol. The van der Waals surface area contributed by atoms with Gasteiger partial charge in [0.1, 0.15) is 5.82 Å². The normalized spacial score (nSPS) is 12.7. The molecule has 0 bridgehead atoms. The minimum atomic E-state index is -4.18. The highest BCUT2D eigenvalue weighted by Gasteiger charge is 2.28. The van der Waals surface area contributed by atoms with E-state index in [4.69, 9.17) is 0 Å². The summed E-state index contributed by atoms with van der Waals surface area (Å²) in [5.41, 5.74) is 0.557. The lowest BCUT2D eigenvalue weighted by atomic mass is 9.84. The van der Waals surface area contributed by atoms with Crippen LogP contribution in [0.2, 0.25) is 0 Å². The van der Waals surface area contributed by atoms with Crippen LogP contribution in [0.5, 0.6) is 0 Å². The van der Waals surface area contributed by atoms with Gasteiger partial charge in [-0.2, -0.15) is 13.2 Å². The Hall–Kier alpha value is -1.10. The largest absolute Gasteiger partial charge is 0.401 e. The average molecular weight is 504 g/mol. The van der Waals surface area contributed by atoms with Gasteiger partial charge in [-0.05, 0) is 37.7 Å². The van der Waals surface area contributed by atoms with E-state index < -0.39 is 12.7 Å². The van der Waals surface area contributed by atoms with Gasteiger partial charge in [0.15, 0.2) is 5.96 Å². The topological polar surface area (TPSA) is 39.7 Å². The molecule has 0 saturated heterocycles. The molecule has 0 spiro atoms. The summed E-state index contributed by atoms with van der Waals surface area (Å²) >= 11 is 0. The first-order chi connectivity index (χ1) is 12.0. The summed E-state index contributed by atoms with van der Waals surface area (Å²) in [7, 11) is 3.07. The van der Waals surface area contributed by atoms with Crippen LogP contribution in [-0.4, -0.2) is 57.3 Å². The SMILES string of the molecule is CN=C(NCCCN(C)CC(F)(F)F)NCC(C)(C)c1cccc(F)c1.I. The Kier molecular flexibility index (Phi) is 11.2. The van der Waals surface area contributed by atoms with E-state index in [0.29, 0.717) is 32.0 Å². The third-order valence-corrected chi connectivity index (χ3v) is 3.99. The van der Waals surface area contributed by atoms with Gasteiger partial charge in [-0.1, -0.05) is 26.0 Å².